The van der Waals surface area contributed by atoms with E-state index in [9.17, 15) is 8.78 Å². The van der Waals surface area contributed by atoms with Crippen LogP contribution in [0.15, 0.2) is 52.7 Å². The van der Waals surface area contributed by atoms with Gasteiger partial charge in [-0.05, 0) is 52.2 Å². The van der Waals surface area contributed by atoms with E-state index in [1.807, 2.05) is 37.9 Å². The molecule has 1 aliphatic heterocycles. The molecule has 1 saturated carbocycles. The number of alkyl halides is 2. The van der Waals surface area contributed by atoms with E-state index < -0.39 is 12.0 Å². The molecule has 1 N–H and O–H groups in total. The summed E-state index contributed by atoms with van der Waals surface area (Å²) in [6.07, 6.45) is 8.86. The highest BCUT2D eigenvalue weighted by Gasteiger charge is 2.46. The van der Waals surface area contributed by atoms with Gasteiger partial charge in [0.2, 0.25) is 0 Å². The molecule has 2 fully saturated rings. The second-order valence-corrected chi connectivity index (χ2v) is 8.72. The molecule has 0 aromatic carbocycles. The predicted octanol–water partition coefficient (Wildman–Crippen LogP) is 5.24. The van der Waals surface area contributed by atoms with E-state index in [2.05, 4.69) is 21.9 Å². The van der Waals surface area contributed by atoms with Crippen molar-refractivity contribution in [1.29, 1.82) is 0 Å². The summed E-state index contributed by atoms with van der Waals surface area (Å²) in [6.45, 7) is 10.5. The molecular weight excluding hydrogens is 441 g/mol. The third-order valence-electron chi connectivity index (χ3n) is 6.47. The molecule has 6 nitrogen and oxygen atoms in total. The fraction of sp³-hybridized carbons (Fsp3) is 0.560. The highest BCUT2D eigenvalue weighted by molar-refractivity contribution is 6.23. The second kappa shape index (κ2) is 12.1. The largest absolute Gasteiger partial charge is 0.350 e. The van der Waals surface area contributed by atoms with E-state index in [4.69, 9.17) is 5.10 Å². The first-order valence-electron chi connectivity index (χ1n) is 11.7. The number of nitrogens with zero attached hydrogens (tertiary/aromatic N) is 5. The Morgan fingerprint density at radius 3 is 2.56 bits per heavy atom. The van der Waals surface area contributed by atoms with Gasteiger partial charge < -0.3 is 10.2 Å². The van der Waals surface area contributed by atoms with Gasteiger partial charge in [-0.2, -0.15) is 5.10 Å². The fourth-order valence-corrected chi connectivity index (χ4v) is 4.21. The van der Waals surface area contributed by atoms with Gasteiger partial charge in [0.25, 0.3) is 5.92 Å². The van der Waals surface area contributed by atoms with E-state index >= 15 is 0 Å². The van der Waals surface area contributed by atoms with Crippen molar-refractivity contribution in [2.75, 3.05) is 36.6 Å². The molecular formula is C25H39F3N6. The fourth-order valence-electron chi connectivity index (χ4n) is 4.21. The smallest absolute Gasteiger partial charge is 0.280 e. The summed E-state index contributed by atoms with van der Waals surface area (Å²) in [4.78, 5) is 10.4. The standard InChI is InChI=1S/C25H36F2N6.FH.H2/c1-6-9-22(18(3)28-5)19(4)31-33(7-2)21-12-13-24(29-16-21)32-15-14-23(25(26,27)17-32)30-20-10-8-11-20;;/h6,9,12-13,16,20,23,30H,1,7-8,10-11,14-15,17H2,2-5H3;2*1H/b22-9+,28-18?,31-19+;;. The van der Waals surface area contributed by atoms with Gasteiger partial charge in [0, 0.05) is 38.9 Å². The van der Waals surface area contributed by atoms with Crippen LogP contribution in [0.1, 0.15) is 47.9 Å². The summed E-state index contributed by atoms with van der Waals surface area (Å²) >= 11 is 0. The maximum Gasteiger partial charge on any atom is 0.280 e. The molecule has 190 valence electrons. The van der Waals surface area contributed by atoms with E-state index in [1.54, 1.807) is 30.3 Å². The lowest BCUT2D eigenvalue weighted by Gasteiger charge is -2.42. The van der Waals surface area contributed by atoms with Crippen molar-refractivity contribution < 1.29 is 14.9 Å². The van der Waals surface area contributed by atoms with Gasteiger partial charge in [0.1, 0.15) is 5.82 Å². The Bertz CT molecular complexity index is 912. The average molecular weight is 481 g/mol. The molecule has 2 heterocycles. The van der Waals surface area contributed by atoms with Crippen molar-refractivity contribution in [2.45, 2.75) is 64.5 Å². The minimum absolute atomic E-state index is 0. The number of hydrazone groups is 1. The molecule has 1 aromatic heterocycles. The molecule has 34 heavy (non-hydrogen) atoms. The van der Waals surface area contributed by atoms with Gasteiger partial charge in [0.05, 0.1) is 30.2 Å². The Hall–Kier alpha value is -2.68. The lowest BCUT2D eigenvalue weighted by atomic mass is 9.90. The van der Waals surface area contributed by atoms with Crippen LogP contribution in [0.4, 0.5) is 25.0 Å². The maximum atomic E-state index is 14.8. The molecule has 0 spiro atoms. The quantitative estimate of drug-likeness (QED) is 0.298. The third kappa shape index (κ3) is 6.46. The van der Waals surface area contributed by atoms with Gasteiger partial charge in [-0.25, -0.2) is 13.8 Å². The van der Waals surface area contributed by atoms with Crippen LogP contribution in [0.5, 0.6) is 0 Å². The van der Waals surface area contributed by atoms with Crippen LogP contribution in [-0.2, 0) is 0 Å². The van der Waals surface area contributed by atoms with Crippen LogP contribution in [0, 0.1) is 0 Å². The lowest BCUT2D eigenvalue weighted by molar-refractivity contribution is -0.0491. The van der Waals surface area contributed by atoms with Gasteiger partial charge in [-0.1, -0.05) is 25.2 Å². The Kier molecular flexibility index (Phi) is 9.85. The number of pyridine rings is 1. The van der Waals surface area contributed by atoms with Gasteiger partial charge >= 0.3 is 0 Å². The highest BCUT2D eigenvalue weighted by atomic mass is 19.3. The molecule has 1 unspecified atom stereocenters. The van der Waals surface area contributed by atoms with E-state index in [0.717, 1.165) is 41.9 Å². The first-order chi connectivity index (χ1) is 15.8. The molecule has 1 saturated heterocycles. The molecule has 9 heteroatoms. The van der Waals surface area contributed by atoms with E-state index in [-0.39, 0.29) is 18.7 Å². The number of allylic oxidation sites excluding steroid dienone is 3. The zero-order chi connectivity index (χ0) is 24.0. The maximum absolute atomic E-state index is 14.8. The molecule has 1 aliphatic carbocycles. The van der Waals surface area contributed by atoms with Gasteiger partial charge in [-0.3, -0.25) is 14.7 Å². The van der Waals surface area contributed by atoms with Gasteiger partial charge in [-0.15, -0.1) is 0 Å². The average Bonchev–Trinajstić information content (AvgIpc) is 2.78. The van der Waals surface area contributed by atoms with E-state index in [0.29, 0.717) is 25.3 Å². The topological polar surface area (TPSA) is 56.1 Å². The molecule has 2 aliphatic rings. The summed E-state index contributed by atoms with van der Waals surface area (Å²) in [7, 11) is 1.75. The van der Waals surface area contributed by atoms with E-state index in [1.165, 1.54) is 0 Å². The number of rotatable bonds is 9. The summed E-state index contributed by atoms with van der Waals surface area (Å²) in [5.41, 5.74) is 3.40. The van der Waals surface area contributed by atoms with Crippen molar-refractivity contribution in [3.8, 4) is 0 Å². The normalized spacial score (nSPS) is 21.5. The van der Waals surface area contributed by atoms with Crippen LogP contribution >= 0.6 is 0 Å². The highest BCUT2D eigenvalue weighted by Crippen LogP contribution is 2.32. The molecule has 1 aromatic rings. The van der Waals surface area contributed by atoms with Crippen LogP contribution in [0.2, 0.25) is 0 Å². The van der Waals surface area contributed by atoms with Crippen LogP contribution in [0.3, 0.4) is 0 Å². The summed E-state index contributed by atoms with van der Waals surface area (Å²) < 4.78 is 29.6. The first-order valence-corrected chi connectivity index (χ1v) is 11.7. The zero-order valence-electron chi connectivity index (χ0n) is 20.6. The van der Waals surface area contributed by atoms with Crippen molar-refractivity contribution in [3.05, 3.63) is 42.6 Å². The monoisotopic (exact) mass is 480 g/mol. The minimum Gasteiger partial charge on any atom is -0.350 e. The minimum atomic E-state index is -2.78. The van der Waals surface area contributed by atoms with Crippen LogP contribution in [0.25, 0.3) is 0 Å². The van der Waals surface area contributed by atoms with Crippen molar-refractivity contribution in [2.24, 2.45) is 10.1 Å². The summed E-state index contributed by atoms with van der Waals surface area (Å²) in [6, 6.07) is 3.19. The summed E-state index contributed by atoms with van der Waals surface area (Å²) in [5.74, 6) is -2.21. The molecule has 0 amide bonds. The van der Waals surface area contributed by atoms with Crippen molar-refractivity contribution in [1.82, 2.24) is 10.3 Å². The van der Waals surface area contributed by atoms with Crippen LogP contribution in [-0.4, -0.2) is 61.1 Å². The SMILES string of the molecule is C=C/C=C(C(C)=NC)/C(C)=N/N(CC)c1ccc(N2CCC(NC3CCC3)C(F)(F)C2)nc1.F.[HH]. The molecule has 1 atom stereocenters. The Morgan fingerprint density at radius 2 is 2.06 bits per heavy atom. The Labute approximate surface area is 202 Å². The number of nitrogens with one attached hydrogen (secondary N) is 1. The van der Waals surface area contributed by atoms with Gasteiger partial charge in [0.15, 0.2) is 0 Å². The number of anilines is 2. The Balaban J connectivity index is 0.00000306. The first kappa shape index (κ1) is 27.6. The number of piperidine rings is 1. The zero-order valence-corrected chi connectivity index (χ0v) is 20.6. The number of aromatic nitrogens is 1. The Morgan fingerprint density at radius 1 is 1.32 bits per heavy atom. The predicted molar refractivity (Wildman–Crippen MR) is 139 cm³/mol. The molecule has 0 radical (unpaired) electrons. The van der Waals surface area contributed by atoms with Crippen molar-refractivity contribution >= 4 is 22.9 Å². The molecule has 3 rings (SSSR count). The lowest BCUT2D eigenvalue weighted by Crippen LogP contribution is -2.60. The van der Waals surface area contributed by atoms with Crippen LogP contribution < -0.4 is 15.2 Å². The summed E-state index contributed by atoms with van der Waals surface area (Å²) in [5, 5.41) is 9.74. The van der Waals surface area contributed by atoms with Crippen molar-refractivity contribution in [3.63, 3.8) is 0 Å². The second-order valence-electron chi connectivity index (χ2n) is 8.72. The number of hydrogen-bond acceptors (Lipinski definition) is 6. The molecule has 0 bridgehead atoms. The third-order valence-corrected chi connectivity index (χ3v) is 6.47. The number of aliphatic imine (C=N–C) groups is 1. The number of halogens is 3. The number of hydrogen-bond donors (Lipinski definition) is 1.